The number of nitrogens with zero attached hydrogens (tertiary/aromatic N) is 2. The second kappa shape index (κ2) is 5.69. The van der Waals surface area contributed by atoms with Gasteiger partial charge in [-0.2, -0.15) is 0 Å². The summed E-state index contributed by atoms with van der Waals surface area (Å²) in [6.07, 6.45) is 6.48. The normalized spacial score (nSPS) is 17.3. The minimum absolute atomic E-state index is 0.0390. The number of hydrogen-bond donors (Lipinski definition) is 1. The maximum atomic E-state index is 12.3. The molecule has 0 bridgehead atoms. The highest BCUT2D eigenvalue weighted by Crippen LogP contribution is 2.22. The van der Waals surface area contributed by atoms with Gasteiger partial charge < -0.3 is 10.2 Å². The number of rotatable bonds is 2. The number of nitrogens with one attached hydrogen (secondary N) is 1. The zero-order valence-corrected chi connectivity index (χ0v) is 11.9. The lowest BCUT2D eigenvalue weighted by atomic mass is 10.1. The van der Waals surface area contributed by atoms with Crippen LogP contribution in [-0.4, -0.2) is 29.0 Å². The summed E-state index contributed by atoms with van der Waals surface area (Å²) in [5, 5.41) is 5.98. The molecule has 1 aromatic heterocycles. The lowest BCUT2D eigenvalue weighted by molar-refractivity contribution is 0.188. The van der Waals surface area contributed by atoms with E-state index in [9.17, 15) is 4.79 Å². The van der Waals surface area contributed by atoms with Gasteiger partial charge in [-0.05, 0) is 26.7 Å². The van der Waals surface area contributed by atoms with Crippen LogP contribution in [0.3, 0.4) is 0 Å². The third kappa shape index (κ3) is 3.22. The fourth-order valence-electron chi connectivity index (χ4n) is 2.21. The van der Waals surface area contributed by atoms with E-state index in [4.69, 9.17) is 0 Å². The summed E-state index contributed by atoms with van der Waals surface area (Å²) >= 11 is 1.58. The van der Waals surface area contributed by atoms with Crippen molar-refractivity contribution in [1.82, 2.24) is 15.2 Å². The summed E-state index contributed by atoms with van der Waals surface area (Å²) < 4.78 is 0. The molecule has 1 aliphatic rings. The van der Waals surface area contributed by atoms with Crippen LogP contribution in [0, 0.1) is 0 Å². The van der Waals surface area contributed by atoms with E-state index in [1.165, 1.54) is 12.8 Å². The van der Waals surface area contributed by atoms with E-state index >= 15 is 0 Å². The number of carbonyl (C=O) groups excluding carboxylic acids is 1. The first-order valence-corrected chi connectivity index (χ1v) is 7.44. The van der Waals surface area contributed by atoms with Crippen LogP contribution in [0.1, 0.15) is 44.5 Å². The molecule has 0 radical (unpaired) electrons. The van der Waals surface area contributed by atoms with Gasteiger partial charge in [0, 0.05) is 24.7 Å². The van der Waals surface area contributed by atoms with Crippen molar-refractivity contribution in [1.29, 1.82) is 0 Å². The van der Waals surface area contributed by atoms with Crippen LogP contribution in [0.2, 0.25) is 0 Å². The van der Waals surface area contributed by atoms with Crippen molar-refractivity contribution in [2.45, 2.75) is 45.1 Å². The van der Waals surface area contributed by atoms with E-state index in [2.05, 4.69) is 10.3 Å². The number of aromatic nitrogens is 1. The first-order chi connectivity index (χ1) is 8.59. The van der Waals surface area contributed by atoms with Crippen molar-refractivity contribution in [2.24, 2.45) is 0 Å². The van der Waals surface area contributed by atoms with Gasteiger partial charge in [0.05, 0.1) is 5.54 Å². The maximum absolute atomic E-state index is 12.3. The van der Waals surface area contributed by atoms with Crippen molar-refractivity contribution < 1.29 is 4.79 Å². The van der Waals surface area contributed by atoms with Gasteiger partial charge in [-0.15, -0.1) is 11.3 Å². The van der Waals surface area contributed by atoms with Crippen molar-refractivity contribution in [3.05, 3.63) is 16.6 Å². The van der Waals surface area contributed by atoms with Crippen molar-refractivity contribution in [2.75, 3.05) is 13.1 Å². The van der Waals surface area contributed by atoms with Gasteiger partial charge in [0.15, 0.2) is 0 Å². The Labute approximate surface area is 112 Å². The Hall–Kier alpha value is -1.10. The molecule has 4 nitrogen and oxygen atoms in total. The SMILES string of the molecule is CC(C)(NC(=O)N1CCCCCC1)c1nccs1. The summed E-state index contributed by atoms with van der Waals surface area (Å²) in [5.41, 5.74) is -0.391. The van der Waals surface area contributed by atoms with Crippen molar-refractivity contribution >= 4 is 17.4 Å². The lowest BCUT2D eigenvalue weighted by Crippen LogP contribution is -2.48. The molecule has 2 rings (SSSR count). The summed E-state index contributed by atoms with van der Waals surface area (Å²) in [4.78, 5) is 18.5. The van der Waals surface area contributed by atoms with Crippen LogP contribution in [0.4, 0.5) is 4.79 Å². The van der Waals surface area contributed by atoms with E-state index < -0.39 is 5.54 Å². The Morgan fingerprint density at radius 2 is 2.00 bits per heavy atom. The molecule has 1 fully saturated rings. The molecule has 2 heterocycles. The van der Waals surface area contributed by atoms with Gasteiger partial charge in [0.1, 0.15) is 5.01 Å². The average molecular weight is 267 g/mol. The van der Waals surface area contributed by atoms with Gasteiger partial charge >= 0.3 is 6.03 Å². The average Bonchev–Trinajstić information content (AvgIpc) is 2.72. The molecule has 0 unspecified atom stereocenters. The number of hydrogen-bond acceptors (Lipinski definition) is 3. The van der Waals surface area contributed by atoms with Gasteiger partial charge in [0.2, 0.25) is 0 Å². The molecule has 1 saturated heterocycles. The first-order valence-electron chi connectivity index (χ1n) is 6.57. The monoisotopic (exact) mass is 267 g/mol. The predicted octanol–water partition coefficient (Wildman–Crippen LogP) is 2.96. The number of thiazole rings is 1. The topological polar surface area (TPSA) is 45.2 Å². The molecular formula is C13H21N3OS. The molecule has 2 amide bonds. The number of amides is 2. The van der Waals surface area contributed by atoms with Crippen LogP contribution in [0.25, 0.3) is 0 Å². The molecule has 18 heavy (non-hydrogen) atoms. The van der Waals surface area contributed by atoms with Crippen LogP contribution in [0.5, 0.6) is 0 Å². The van der Waals surface area contributed by atoms with Gasteiger partial charge in [-0.1, -0.05) is 12.8 Å². The van der Waals surface area contributed by atoms with Crippen LogP contribution in [0.15, 0.2) is 11.6 Å². The van der Waals surface area contributed by atoms with E-state index in [1.807, 2.05) is 24.1 Å². The fraction of sp³-hybridized carbons (Fsp3) is 0.692. The number of likely N-dealkylation sites (tertiary alicyclic amines) is 1. The van der Waals surface area contributed by atoms with Gasteiger partial charge in [-0.25, -0.2) is 9.78 Å². The molecule has 0 aromatic carbocycles. The van der Waals surface area contributed by atoms with Crippen molar-refractivity contribution in [3.8, 4) is 0 Å². The van der Waals surface area contributed by atoms with Crippen LogP contribution < -0.4 is 5.32 Å². The second-order valence-electron chi connectivity index (χ2n) is 5.29. The van der Waals surface area contributed by atoms with E-state index in [1.54, 1.807) is 17.5 Å². The molecular weight excluding hydrogens is 246 g/mol. The van der Waals surface area contributed by atoms with Gasteiger partial charge in [-0.3, -0.25) is 0 Å². The largest absolute Gasteiger partial charge is 0.327 e. The first kappa shape index (κ1) is 13.3. The molecule has 100 valence electrons. The van der Waals surface area contributed by atoms with E-state index in [0.29, 0.717) is 0 Å². The molecule has 0 aliphatic carbocycles. The summed E-state index contributed by atoms with van der Waals surface area (Å²) in [6.45, 7) is 5.75. The Bertz CT molecular complexity index is 381. The quantitative estimate of drug-likeness (QED) is 0.895. The number of carbonyl (C=O) groups is 1. The van der Waals surface area contributed by atoms with Crippen LogP contribution >= 0.6 is 11.3 Å². The summed E-state index contributed by atoms with van der Waals surface area (Å²) in [5.74, 6) is 0. The Kier molecular flexibility index (Phi) is 4.22. The van der Waals surface area contributed by atoms with E-state index in [0.717, 1.165) is 30.9 Å². The predicted molar refractivity (Wildman–Crippen MR) is 73.7 cm³/mol. The van der Waals surface area contributed by atoms with E-state index in [-0.39, 0.29) is 6.03 Å². The highest BCUT2D eigenvalue weighted by atomic mass is 32.1. The Balaban J connectivity index is 1.97. The third-order valence-electron chi connectivity index (χ3n) is 3.28. The highest BCUT2D eigenvalue weighted by Gasteiger charge is 2.27. The molecule has 0 saturated carbocycles. The maximum Gasteiger partial charge on any atom is 0.318 e. The summed E-state index contributed by atoms with van der Waals surface area (Å²) in [7, 11) is 0. The smallest absolute Gasteiger partial charge is 0.318 e. The summed E-state index contributed by atoms with van der Waals surface area (Å²) in [6, 6.07) is 0.0390. The third-order valence-corrected chi connectivity index (χ3v) is 4.38. The lowest BCUT2D eigenvalue weighted by Gasteiger charge is -2.29. The van der Waals surface area contributed by atoms with Crippen molar-refractivity contribution in [3.63, 3.8) is 0 Å². The molecule has 0 spiro atoms. The molecule has 1 aliphatic heterocycles. The van der Waals surface area contributed by atoms with Gasteiger partial charge in [0.25, 0.3) is 0 Å². The second-order valence-corrected chi connectivity index (χ2v) is 6.19. The fourth-order valence-corrected chi connectivity index (χ4v) is 2.92. The molecule has 0 atom stereocenters. The zero-order valence-electron chi connectivity index (χ0n) is 11.1. The molecule has 1 aromatic rings. The minimum atomic E-state index is -0.391. The Morgan fingerprint density at radius 1 is 1.33 bits per heavy atom. The number of urea groups is 1. The zero-order chi connectivity index (χ0) is 13.0. The molecule has 1 N–H and O–H groups in total. The Morgan fingerprint density at radius 3 is 2.56 bits per heavy atom. The highest BCUT2D eigenvalue weighted by molar-refractivity contribution is 7.09. The standard InChI is InChI=1S/C13H21N3OS/c1-13(2,11-14-7-10-18-11)15-12(17)16-8-5-3-4-6-9-16/h7,10H,3-6,8-9H2,1-2H3,(H,15,17). The minimum Gasteiger partial charge on any atom is -0.327 e. The molecule has 5 heteroatoms. The van der Waals surface area contributed by atoms with Crippen LogP contribution in [-0.2, 0) is 5.54 Å².